The summed E-state index contributed by atoms with van der Waals surface area (Å²) in [5.74, 6) is -0.147. The van der Waals surface area contributed by atoms with Crippen molar-refractivity contribution < 1.29 is 4.79 Å². The molecular weight excluding hydrogens is 498 g/mol. The van der Waals surface area contributed by atoms with Crippen LogP contribution in [0.25, 0.3) is 0 Å². The molecule has 0 aromatic heterocycles. The van der Waals surface area contributed by atoms with Gasteiger partial charge in [-0.25, -0.2) is 0 Å². The first-order valence-electron chi connectivity index (χ1n) is 19.6. The van der Waals surface area contributed by atoms with E-state index < -0.39 is 0 Å². The summed E-state index contributed by atoms with van der Waals surface area (Å²) >= 11 is 0. The Labute approximate surface area is 260 Å². The number of rotatable bonds is 37. The second-order valence-electron chi connectivity index (χ2n) is 13.6. The summed E-state index contributed by atoms with van der Waals surface area (Å²) in [6, 6.07) is 0. The molecule has 2 heteroatoms. The van der Waals surface area contributed by atoms with Crippen LogP contribution in [-0.2, 0) is 4.79 Å². The van der Waals surface area contributed by atoms with E-state index in [4.69, 9.17) is 5.73 Å². The van der Waals surface area contributed by atoms with Gasteiger partial charge in [-0.3, -0.25) is 4.79 Å². The molecule has 0 saturated carbocycles. The number of nitrogens with two attached hydrogens (primary N) is 1. The highest BCUT2D eigenvalue weighted by Gasteiger charge is 1.98. The normalized spacial score (nSPS) is 11.4. The van der Waals surface area contributed by atoms with Crippen molar-refractivity contribution in [2.45, 2.75) is 244 Å². The van der Waals surface area contributed by atoms with Crippen LogP contribution >= 0.6 is 0 Å². The second kappa shape index (κ2) is 37.5. The number of hydrogen-bond donors (Lipinski definition) is 1. The van der Waals surface area contributed by atoms with Crippen LogP contribution in [0.5, 0.6) is 0 Å². The maximum atomic E-state index is 10.7. The Bertz CT molecular complexity index is 476. The van der Waals surface area contributed by atoms with Crippen molar-refractivity contribution in [1.82, 2.24) is 0 Å². The molecule has 0 aliphatic rings. The number of amides is 1. The van der Waals surface area contributed by atoms with Crippen molar-refractivity contribution >= 4 is 5.91 Å². The number of carbonyl (C=O) groups excluding carboxylic acids is 1. The van der Waals surface area contributed by atoms with E-state index in [1.54, 1.807) is 0 Å². The number of hydrogen-bond acceptors (Lipinski definition) is 1. The first-order valence-corrected chi connectivity index (χ1v) is 19.6. The molecular formula is C39H79NO. The monoisotopic (exact) mass is 578 g/mol. The van der Waals surface area contributed by atoms with E-state index in [1.807, 2.05) is 0 Å². The summed E-state index contributed by atoms with van der Waals surface area (Å²) in [7, 11) is 0. The average molecular weight is 578 g/mol. The predicted molar refractivity (Wildman–Crippen MR) is 186 cm³/mol. The van der Waals surface area contributed by atoms with Crippen LogP contribution in [0.4, 0.5) is 0 Å². The number of unbranched alkanes of at least 4 members (excludes halogenated alkanes) is 35. The van der Waals surface area contributed by atoms with E-state index >= 15 is 0 Å². The third-order valence-corrected chi connectivity index (χ3v) is 9.28. The van der Waals surface area contributed by atoms with Gasteiger partial charge in [-0.05, 0) is 6.42 Å². The summed E-state index contributed by atoms with van der Waals surface area (Å²) < 4.78 is 0. The van der Waals surface area contributed by atoms with Crippen LogP contribution in [0.1, 0.15) is 244 Å². The molecule has 41 heavy (non-hydrogen) atoms. The SMILES string of the molecule is CCCCCCCCCCCCCCCCCCCCCCCCCCCCCCCCCCCCCCC(N)=O. The first-order chi connectivity index (χ1) is 20.3. The third kappa shape index (κ3) is 39.5. The molecule has 0 fully saturated rings. The minimum Gasteiger partial charge on any atom is -0.370 e. The predicted octanol–water partition coefficient (Wildman–Crippen LogP) is 13.9. The smallest absolute Gasteiger partial charge is 0.217 e. The van der Waals surface area contributed by atoms with Crippen molar-refractivity contribution in [1.29, 1.82) is 0 Å². The molecule has 0 atom stereocenters. The van der Waals surface area contributed by atoms with Crippen LogP contribution < -0.4 is 5.73 Å². The summed E-state index contributed by atoms with van der Waals surface area (Å²) in [5, 5.41) is 0. The molecule has 0 aliphatic heterocycles. The van der Waals surface area contributed by atoms with E-state index in [1.165, 1.54) is 225 Å². The Hall–Kier alpha value is -0.530. The summed E-state index contributed by atoms with van der Waals surface area (Å²) in [6.07, 6.45) is 52.1. The van der Waals surface area contributed by atoms with E-state index in [2.05, 4.69) is 6.92 Å². The topological polar surface area (TPSA) is 43.1 Å². The summed E-state index contributed by atoms with van der Waals surface area (Å²) in [5.41, 5.74) is 5.18. The fourth-order valence-corrected chi connectivity index (χ4v) is 6.38. The maximum Gasteiger partial charge on any atom is 0.217 e. The molecule has 0 heterocycles. The van der Waals surface area contributed by atoms with E-state index in [-0.39, 0.29) is 5.91 Å². The van der Waals surface area contributed by atoms with E-state index in [0.717, 1.165) is 6.42 Å². The lowest BCUT2D eigenvalue weighted by Gasteiger charge is -2.05. The lowest BCUT2D eigenvalue weighted by atomic mass is 10.0. The van der Waals surface area contributed by atoms with Gasteiger partial charge in [0.05, 0.1) is 0 Å². The van der Waals surface area contributed by atoms with Gasteiger partial charge in [0, 0.05) is 6.42 Å². The molecule has 1 amide bonds. The van der Waals surface area contributed by atoms with Crippen LogP contribution in [0.2, 0.25) is 0 Å². The standard InChI is InChI=1S/C39H79NO/c1-2-3-4-5-6-7-8-9-10-11-12-13-14-15-16-17-18-19-20-21-22-23-24-25-26-27-28-29-30-31-32-33-34-35-36-37-38-39(40)41/h2-38H2,1H3,(H2,40,41). The van der Waals surface area contributed by atoms with Gasteiger partial charge < -0.3 is 5.73 Å². The van der Waals surface area contributed by atoms with Crippen molar-refractivity contribution in [3.05, 3.63) is 0 Å². The minimum absolute atomic E-state index is 0.147. The Kier molecular flexibility index (Phi) is 37.0. The van der Waals surface area contributed by atoms with Crippen molar-refractivity contribution in [3.8, 4) is 0 Å². The molecule has 0 bridgehead atoms. The van der Waals surface area contributed by atoms with Gasteiger partial charge in [0.1, 0.15) is 0 Å². The second-order valence-corrected chi connectivity index (χ2v) is 13.6. The largest absolute Gasteiger partial charge is 0.370 e. The highest BCUT2D eigenvalue weighted by molar-refractivity contribution is 5.73. The van der Waals surface area contributed by atoms with Gasteiger partial charge in [-0.2, -0.15) is 0 Å². The lowest BCUT2D eigenvalue weighted by molar-refractivity contribution is -0.118. The molecule has 2 N–H and O–H groups in total. The van der Waals surface area contributed by atoms with Crippen LogP contribution in [-0.4, -0.2) is 5.91 Å². The fourth-order valence-electron chi connectivity index (χ4n) is 6.38. The molecule has 246 valence electrons. The first kappa shape index (κ1) is 40.5. The van der Waals surface area contributed by atoms with Gasteiger partial charge >= 0.3 is 0 Å². The highest BCUT2D eigenvalue weighted by atomic mass is 16.1. The molecule has 0 aromatic rings. The molecule has 0 rings (SSSR count). The molecule has 0 radical (unpaired) electrons. The van der Waals surface area contributed by atoms with Gasteiger partial charge in [-0.1, -0.05) is 232 Å². The molecule has 0 spiro atoms. The molecule has 0 unspecified atom stereocenters. The van der Waals surface area contributed by atoms with Gasteiger partial charge in [0.15, 0.2) is 0 Å². The minimum atomic E-state index is -0.147. The summed E-state index contributed by atoms with van der Waals surface area (Å²) in [6.45, 7) is 2.31. The Morgan fingerprint density at radius 1 is 0.293 bits per heavy atom. The van der Waals surface area contributed by atoms with Gasteiger partial charge in [-0.15, -0.1) is 0 Å². The van der Waals surface area contributed by atoms with Gasteiger partial charge in [0.2, 0.25) is 5.91 Å². The van der Waals surface area contributed by atoms with Crippen molar-refractivity contribution in [3.63, 3.8) is 0 Å². The maximum absolute atomic E-state index is 10.7. The van der Waals surface area contributed by atoms with E-state index in [9.17, 15) is 4.79 Å². The van der Waals surface area contributed by atoms with Crippen LogP contribution in [0.3, 0.4) is 0 Å². The fraction of sp³-hybridized carbons (Fsp3) is 0.974. The third-order valence-electron chi connectivity index (χ3n) is 9.28. The zero-order chi connectivity index (χ0) is 29.7. The molecule has 0 aliphatic carbocycles. The quantitative estimate of drug-likeness (QED) is 0.0733. The number of primary amides is 1. The van der Waals surface area contributed by atoms with Crippen molar-refractivity contribution in [2.24, 2.45) is 5.73 Å². The van der Waals surface area contributed by atoms with Crippen molar-refractivity contribution in [2.75, 3.05) is 0 Å². The number of carbonyl (C=O) groups is 1. The molecule has 2 nitrogen and oxygen atoms in total. The summed E-state index contributed by atoms with van der Waals surface area (Å²) in [4.78, 5) is 10.7. The zero-order valence-corrected chi connectivity index (χ0v) is 28.6. The Morgan fingerprint density at radius 2 is 0.439 bits per heavy atom. The van der Waals surface area contributed by atoms with Crippen LogP contribution in [0, 0.1) is 0 Å². The Morgan fingerprint density at radius 3 is 0.585 bits per heavy atom. The Balaban J connectivity index is 3.03. The van der Waals surface area contributed by atoms with Crippen LogP contribution in [0.15, 0.2) is 0 Å². The molecule has 0 aromatic carbocycles. The average Bonchev–Trinajstić information content (AvgIpc) is 2.97. The van der Waals surface area contributed by atoms with Gasteiger partial charge in [0.25, 0.3) is 0 Å². The molecule has 0 saturated heterocycles. The lowest BCUT2D eigenvalue weighted by Crippen LogP contribution is -2.09. The zero-order valence-electron chi connectivity index (χ0n) is 28.6. The van der Waals surface area contributed by atoms with E-state index in [0.29, 0.717) is 6.42 Å². The highest BCUT2D eigenvalue weighted by Crippen LogP contribution is 2.17.